The van der Waals surface area contributed by atoms with Crippen molar-refractivity contribution in [2.24, 2.45) is 11.1 Å². The van der Waals surface area contributed by atoms with Gasteiger partial charge in [-0.3, -0.25) is 0 Å². The molecular weight excluding hydrogens is 136 g/mol. The number of hydrogen-bond acceptors (Lipinski definition) is 2. The zero-order chi connectivity index (χ0) is 8.74. The highest BCUT2D eigenvalue weighted by Crippen LogP contribution is 2.27. The number of rotatable bonds is 2. The molecule has 0 aromatic rings. The summed E-state index contributed by atoms with van der Waals surface area (Å²) < 4.78 is 0. The van der Waals surface area contributed by atoms with E-state index in [2.05, 4.69) is 12.2 Å². The van der Waals surface area contributed by atoms with Crippen molar-refractivity contribution in [2.45, 2.75) is 33.6 Å². The Hall–Kier alpha value is -0.0800. The summed E-state index contributed by atoms with van der Waals surface area (Å²) >= 11 is 0. The maximum absolute atomic E-state index is 5.47. The Bertz CT molecular complexity index is 85.6. The molecule has 1 heterocycles. The largest absolute Gasteiger partial charge is 0.330 e. The molecule has 1 rings (SSSR count). The van der Waals surface area contributed by atoms with Crippen LogP contribution in [0.4, 0.5) is 0 Å². The van der Waals surface area contributed by atoms with E-state index in [1.165, 1.54) is 19.4 Å². The molecule has 0 spiro atoms. The Kier molecular flexibility index (Phi) is 5.51. The molecule has 0 saturated carbocycles. The van der Waals surface area contributed by atoms with Crippen molar-refractivity contribution in [2.75, 3.05) is 19.6 Å². The van der Waals surface area contributed by atoms with Crippen molar-refractivity contribution in [3.05, 3.63) is 0 Å². The Balaban J connectivity index is 0.000000461. The first kappa shape index (κ1) is 10.9. The first-order chi connectivity index (χ1) is 5.27. The van der Waals surface area contributed by atoms with Gasteiger partial charge in [-0.2, -0.15) is 0 Å². The summed E-state index contributed by atoms with van der Waals surface area (Å²) in [7, 11) is 0. The molecule has 1 saturated heterocycles. The van der Waals surface area contributed by atoms with Crippen LogP contribution in [0.25, 0.3) is 0 Å². The lowest BCUT2D eigenvalue weighted by Crippen LogP contribution is -2.23. The van der Waals surface area contributed by atoms with Crippen molar-refractivity contribution < 1.29 is 0 Å². The van der Waals surface area contributed by atoms with Crippen molar-refractivity contribution >= 4 is 0 Å². The fraction of sp³-hybridized carbons (Fsp3) is 1.00. The maximum atomic E-state index is 5.47. The van der Waals surface area contributed by atoms with E-state index in [0.717, 1.165) is 13.1 Å². The van der Waals surface area contributed by atoms with Gasteiger partial charge in [0.1, 0.15) is 0 Å². The summed E-state index contributed by atoms with van der Waals surface area (Å²) in [6.45, 7) is 9.47. The van der Waals surface area contributed by atoms with Gasteiger partial charge in [0, 0.05) is 6.54 Å². The van der Waals surface area contributed by atoms with Gasteiger partial charge in [0.15, 0.2) is 0 Å². The smallest absolute Gasteiger partial charge is 0.000611 e. The van der Waals surface area contributed by atoms with Crippen LogP contribution in [0, 0.1) is 5.41 Å². The van der Waals surface area contributed by atoms with Gasteiger partial charge < -0.3 is 11.1 Å². The Labute approximate surface area is 70.5 Å². The molecule has 0 aromatic carbocycles. The van der Waals surface area contributed by atoms with Gasteiger partial charge in [0.2, 0.25) is 0 Å². The number of nitrogens with two attached hydrogens (primary N) is 1. The summed E-state index contributed by atoms with van der Waals surface area (Å²) in [5.41, 5.74) is 5.97. The molecule has 1 fully saturated rings. The molecule has 0 bridgehead atoms. The fourth-order valence-electron chi connectivity index (χ4n) is 1.43. The first-order valence-corrected chi connectivity index (χ1v) is 4.68. The van der Waals surface area contributed by atoms with Crippen LogP contribution in [0.2, 0.25) is 0 Å². The van der Waals surface area contributed by atoms with E-state index in [9.17, 15) is 0 Å². The lowest BCUT2D eigenvalue weighted by Gasteiger charge is -2.20. The topological polar surface area (TPSA) is 38.0 Å². The van der Waals surface area contributed by atoms with Crippen LogP contribution < -0.4 is 11.1 Å². The zero-order valence-corrected chi connectivity index (χ0v) is 8.11. The van der Waals surface area contributed by atoms with E-state index >= 15 is 0 Å². The molecule has 2 heteroatoms. The second kappa shape index (κ2) is 5.56. The molecule has 68 valence electrons. The van der Waals surface area contributed by atoms with Crippen LogP contribution in [-0.2, 0) is 0 Å². The second-order valence-corrected chi connectivity index (χ2v) is 3.28. The standard InChI is InChI=1S/C7H16N2.C2H6/c1-7(2-4-8)3-5-9-6-7;1-2/h9H,2-6,8H2,1H3;1-2H3. The summed E-state index contributed by atoms with van der Waals surface area (Å²) in [6, 6.07) is 0. The minimum Gasteiger partial charge on any atom is -0.330 e. The maximum Gasteiger partial charge on any atom is 0.000611 e. The van der Waals surface area contributed by atoms with Gasteiger partial charge in [0.05, 0.1) is 0 Å². The molecule has 2 nitrogen and oxygen atoms in total. The third-order valence-corrected chi connectivity index (χ3v) is 2.20. The number of hydrogen-bond donors (Lipinski definition) is 2. The average Bonchev–Trinajstić information content (AvgIpc) is 2.41. The molecule has 11 heavy (non-hydrogen) atoms. The van der Waals surface area contributed by atoms with Crippen molar-refractivity contribution in [3.8, 4) is 0 Å². The quantitative estimate of drug-likeness (QED) is 0.637. The van der Waals surface area contributed by atoms with Crippen molar-refractivity contribution in [1.29, 1.82) is 0 Å². The molecular formula is C9H22N2. The third-order valence-electron chi connectivity index (χ3n) is 2.20. The minimum absolute atomic E-state index is 0.509. The Morgan fingerprint density at radius 1 is 1.45 bits per heavy atom. The average molecular weight is 158 g/mol. The molecule has 0 aromatic heterocycles. The normalized spacial score (nSPS) is 29.5. The molecule has 1 aliphatic heterocycles. The van der Waals surface area contributed by atoms with Crippen molar-refractivity contribution in [3.63, 3.8) is 0 Å². The van der Waals surface area contributed by atoms with E-state index in [4.69, 9.17) is 5.73 Å². The van der Waals surface area contributed by atoms with E-state index in [-0.39, 0.29) is 0 Å². The van der Waals surface area contributed by atoms with Crippen LogP contribution in [0.3, 0.4) is 0 Å². The van der Waals surface area contributed by atoms with Crippen LogP contribution in [0.1, 0.15) is 33.6 Å². The third kappa shape index (κ3) is 3.73. The lowest BCUT2D eigenvalue weighted by atomic mass is 9.86. The second-order valence-electron chi connectivity index (χ2n) is 3.28. The van der Waals surface area contributed by atoms with Gasteiger partial charge in [-0.1, -0.05) is 20.8 Å². The fourth-order valence-corrected chi connectivity index (χ4v) is 1.43. The van der Waals surface area contributed by atoms with Crippen LogP contribution >= 0.6 is 0 Å². The predicted molar refractivity (Wildman–Crippen MR) is 50.6 cm³/mol. The van der Waals surface area contributed by atoms with Gasteiger partial charge in [-0.05, 0) is 31.3 Å². The summed E-state index contributed by atoms with van der Waals surface area (Å²) in [4.78, 5) is 0. The number of nitrogens with one attached hydrogen (secondary N) is 1. The first-order valence-electron chi connectivity index (χ1n) is 4.68. The van der Waals surface area contributed by atoms with Crippen molar-refractivity contribution in [1.82, 2.24) is 5.32 Å². The Morgan fingerprint density at radius 3 is 2.45 bits per heavy atom. The summed E-state index contributed by atoms with van der Waals surface area (Å²) in [5.74, 6) is 0. The van der Waals surface area contributed by atoms with Crippen LogP contribution in [0.15, 0.2) is 0 Å². The molecule has 0 radical (unpaired) electrons. The van der Waals surface area contributed by atoms with E-state index in [0.29, 0.717) is 5.41 Å². The molecule has 1 unspecified atom stereocenters. The molecule has 1 aliphatic rings. The van der Waals surface area contributed by atoms with Crippen LogP contribution in [0.5, 0.6) is 0 Å². The zero-order valence-electron chi connectivity index (χ0n) is 8.11. The predicted octanol–water partition coefficient (Wildman–Crippen LogP) is 1.36. The minimum atomic E-state index is 0.509. The Morgan fingerprint density at radius 2 is 2.09 bits per heavy atom. The molecule has 3 N–H and O–H groups in total. The highest BCUT2D eigenvalue weighted by molar-refractivity contribution is 4.83. The highest BCUT2D eigenvalue weighted by Gasteiger charge is 2.26. The summed E-state index contributed by atoms with van der Waals surface area (Å²) in [6.07, 6.45) is 2.46. The monoisotopic (exact) mass is 158 g/mol. The van der Waals surface area contributed by atoms with Crippen LogP contribution in [-0.4, -0.2) is 19.6 Å². The van der Waals surface area contributed by atoms with E-state index in [1.54, 1.807) is 0 Å². The van der Waals surface area contributed by atoms with Gasteiger partial charge in [-0.25, -0.2) is 0 Å². The van der Waals surface area contributed by atoms with E-state index in [1.807, 2.05) is 13.8 Å². The summed E-state index contributed by atoms with van der Waals surface area (Å²) in [5, 5.41) is 3.34. The van der Waals surface area contributed by atoms with Gasteiger partial charge >= 0.3 is 0 Å². The lowest BCUT2D eigenvalue weighted by molar-refractivity contribution is 0.340. The molecule has 1 atom stereocenters. The molecule has 0 amide bonds. The van der Waals surface area contributed by atoms with E-state index < -0.39 is 0 Å². The van der Waals surface area contributed by atoms with Gasteiger partial charge in [0.25, 0.3) is 0 Å². The van der Waals surface area contributed by atoms with Gasteiger partial charge in [-0.15, -0.1) is 0 Å². The molecule has 0 aliphatic carbocycles. The highest BCUT2D eigenvalue weighted by atomic mass is 14.9. The SMILES string of the molecule is CC.CC1(CCN)CCNC1.